The van der Waals surface area contributed by atoms with Crippen LogP contribution in [0.3, 0.4) is 0 Å². The monoisotopic (exact) mass is 266 g/mol. The van der Waals surface area contributed by atoms with Gasteiger partial charge in [-0.3, -0.25) is 4.79 Å². The molecule has 0 bridgehead atoms. The van der Waals surface area contributed by atoms with Crippen LogP contribution in [0, 0.1) is 0 Å². The van der Waals surface area contributed by atoms with Gasteiger partial charge in [-0.25, -0.2) is 10.8 Å². The molecule has 0 unspecified atom stereocenters. The Balaban J connectivity index is 1.98. The summed E-state index contributed by atoms with van der Waals surface area (Å²) in [6.07, 6.45) is 3.51. The molecule has 5 nitrogen and oxygen atoms in total. The third kappa shape index (κ3) is 2.26. The van der Waals surface area contributed by atoms with E-state index in [1.54, 1.807) is 23.0 Å². The fraction of sp³-hybridized carbons (Fsp3) is 0.0667. The van der Waals surface area contributed by atoms with E-state index in [9.17, 15) is 4.79 Å². The lowest BCUT2D eigenvalue weighted by Crippen LogP contribution is -2.20. The lowest BCUT2D eigenvalue weighted by Gasteiger charge is -2.07. The summed E-state index contributed by atoms with van der Waals surface area (Å²) >= 11 is 0. The summed E-state index contributed by atoms with van der Waals surface area (Å²) in [7, 11) is 0. The molecular formula is C15H14N4O. The zero-order chi connectivity index (χ0) is 13.9. The first-order valence-corrected chi connectivity index (χ1v) is 6.27. The summed E-state index contributed by atoms with van der Waals surface area (Å²) in [5.41, 5.74) is 3.42. The highest BCUT2D eigenvalue weighted by atomic mass is 16.1. The largest absolute Gasteiger partial charge is 0.311 e. The molecule has 0 amide bonds. The Kier molecular flexibility index (Phi) is 3.18. The van der Waals surface area contributed by atoms with Crippen LogP contribution in [-0.4, -0.2) is 9.55 Å². The van der Waals surface area contributed by atoms with Crippen LogP contribution < -0.4 is 16.8 Å². The van der Waals surface area contributed by atoms with Gasteiger partial charge in [-0.15, -0.1) is 0 Å². The number of hydrogen-bond donors (Lipinski definition) is 2. The molecule has 1 aromatic carbocycles. The number of nitrogen functional groups attached to an aromatic ring is 1. The number of benzene rings is 1. The molecule has 3 rings (SSSR count). The second kappa shape index (κ2) is 5.14. The summed E-state index contributed by atoms with van der Waals surface area (Å²) in [6, 6.07) is 13.2. The van der Waals surface area contributed by atoms with Crippen molar-refractivity contribution >= 4 is 16.6 Å². The van der Waals surface area contributed by atoms with Crippen molar-refractivity contribution in [3.63, 3.8) is 0 Å². The van der Waals surface area contributed by atoms with Crippen molar-refractivity contribution in [3.05, 3.63) is 70.8 Å². The van der Waals surface area contributed by atoms with Gasteiger partial charge in [-0.2, -0.15) is 0 Å². The molecule has 2 aromatic heterocycles. The van der Waals surface area contributed by atoms with Gasteiger partial charge in [0.15, 0.2) is 0 Å². The predicted molar refractivity (Wildman–Crippen MR) is 79.4 cm³/mol. The lowest BCUT2D eigenvalue weighted by atomic mass is 10.2. The van der Waals surface area contributed by atoms with Crippen LogP contribution in [0.2, 0.25) is 0 Å². The van der Waals surface area contributed by atoms with Crippen LogP contribution in [-0.2, 0) is 6.54 Å². The normalized spacial score (nSPS) is 10.7. The highest BCUT2D eigenvalue weighted by Crippen LogP contribution is 2.10. The maximum atomic E-state index is 12.4. The minimum atomic E-state index is 0.00382. The first kappa shape index (κ1) is 12.4. The van der Waals surface area contributed by atoms with E-state index in [0.29, 0.717) is 12.4 Å². The fourth-order valence-corrected chi connectivity index (χ4v) is 2.15. The minimum absolute atomic E-state index is 0.00382. The third-order valence-electron chi connectivity index (χ3n) is 3.21. The van der Waals surface area contributed by atoms with Crippen molar-refractivity contribution in [2.75, 3.05) is 5.43 Å². The number of nitrogens with one attached hydrogen (secondary N) is 1. The number of nitrogens with zero attached hydrogens (tertiary/aromatic N) is 2. The topological polar surface area (TPSA) is 72.9 Å². The van der Waals surface area contributed by atoms with E-state index in [2.05, 4.69) is 10.4 Å². The molecule has 2 heterocycles. The highest BCUT2D eigenvalue weighted by molar-refractivity contribution is 5.81. The SMILES string of the molecule is NNc1ccc(Cn2ccc3ccccc3c2=O)cn1. The Labute approximate surface area is 115 Å². The number of anilines is 1. The molecule has 5 heteroatoms. The summed E-state index contributed by atoms with van der Waals surface area (Å²) in [4.78, 5) is 16.5. The molecule has 0 saturated heterocycles. The van der Waals surface area contributed by atoms with E-state index in [1.165, 1.54) is 0 Å². The van der Waals surface area contributed by atoms with Gasteiger partial charge in [0.05, 0.1) is 6.54 Å². The molecule has 0 fully saturated rings. The quantitative estimate of drug-likeness (QED) is 0.559. The van der Waals surface area contributed by atoms with Crippen molar-refractivity contribution in [1.29, 1.82) is 0 Å². The Morgan fingerprint density at radius 2 is 2.00 bits per heavy atom. The maximum Gasteiger partial charge on any atom is 0.258 e. The second-order valence-corrected chi connectivity index (χ2v) is 4.53. The molecule has 0 radical (unpaired) electrons. The van der Waals surface area contributed by atoms with Crippen molar-refractivity contribution in [1.82, 2.24) is 9.55 Å². The van der Waals surface area contributed by atoms with E-state index < -0.39 is 0 Å². The average molecular weight is 266 g/mol. The van der Waals surface area contributed by atoms with E-state index in [-0.39, 0.29) is 5.56 Å². The smallest absolute Gasteiger partial charge is 0.258 e. The van der Waals surface area contributed by atoms with Gasteiger partial charge in [0, 0.05) is 17.8 Å². The van der Waals surface area contributed by atoms with Gasteiger partial charge in [0.1, 0.15) is 5.82 Å². The van der Waals surface area contributed by atoms with Gasteiger partial charge < -0.3 is 9.99 Å². The van der Waals surface area contributed by atoms with Crippen LogP contribution in [0.1, 0.15) is 5.56 Å². The number of rotatable bonds is 3. The number of hydrogen-bond acceptors (Lipinski definition) is 4. The van der Waals surface area contributed by atoms with Gasteiger partial charge in [-0.1, -0.05) is 24.3 Å². The van der Waals surface area contributed by atoms with Gasteiger partial charge >= 0.3 is 0 Å². The zero-order valence-corrected chi connectivity index (χ0v) is 10.8. The van der Waals surface area contributed by atoms with Crippen molar-refractivity contribution < 1.29 is 0 Å². The van der Waals surface area contributed by atoms with Gasteiger partial charge in [0.25, 0.3) is 5.56 Å². The van der Waals surface area contributed by atoms with E-state index in [0.717, 1.165) is 16.3 Å². The second-order valence-electron chi connectivity index (χ2n) is 4.53. The van der Waals surface area contributed by atoms with Gasteiger partial charge in [0.2, 0.25) is 0 Å². The molecule has 20 heavy (non-hydrogen) atoms. The summed E-state index contributed by atoms with van der Waals surface area (Å²) < 4.78 is 1.68. The van der Waals surface area contributed by atoms with Crippen molar-refractivity contribution in [3.8, 4) is 0 Å². The first-order chi connectivity index (χ1) is 9.78. The molecule has 3 aromatic rings. The molecule has 100 valence electrons. The number of fused-ring (bicyclic) bond motifs is 1. The molecule has 0 aliphatic carbocycles. The third-order valence-corrected chi connectivity index (χ3v) is 3.21. The first-order valence-electron chi connectivity index (χ1n) is 6.27. The van der Waals surface area contributed by atoms with Crippen LogP contribution >= 0.6 is 0 Å². The van der Waals surface area contributed by atoms with E-state index >= 15 is 0 Å². The van der Waals surface area contributed by atoms with Crippen LogP contribution in [0.15, 0.2) is 59.7 Å². The Morgan fingerprint density at radius 1 is 1.15 bits per heavy atom. The number of aromatic nitrogens is 2. The molecule has 0 saturated carbocycles. The molecule has 0 aliphatic heterocycles. The number of pyridine rings is 2. The summed E-state index contributed by atoms with van der Waals surface area (Å²) in [5.74, 6) is 5.87. The Morgan fingerprint density at radius 3 is 2.75 bits per heavy atom. The predicted octanol–water partition coefficient (Wildman–Crippen LogP) is 1.73. The zero-order valence-electron chi connectivity index (χ0n) is 10.8. The molecule has 0 aliphatic rings. The molecule has 3 N–H and O–H groups in total. The van der Waals surface area contributed by atoms with Crippen LogP contribution in [0.4, 0.5) is 5.82 Å². The lowest BCUT2D eigenvalue weighted by molar-refractivity contribution is 0.765. The van der Waals surface area contributed by atoms with Crippen molar-refractivity contribution in [2.45, 2.75) is 6.54 Å². The van der Waals surface area contributed by atoms with Crippen molar-refractivity contribution in [2.24, 2.45) is 5.84 Å². The highest BCUT2D eigenvalue weighted by Gasteiger charge is 2.03. The standard InChI is InChI=1S/C15H14N4O/c16-18-14-6-5-11(9-17-14)10-19-8-7-12-3-1-2-4-13(12)15(19)20/h1-9H,10,16H2,(H,17,18). The summed E-state index contributed by atoms with van der Waals surface area (Å²) in [5, 5.41) is 1.68. The molecule has 0 atom stereocenters. The number of nitrogens with two attached hydrogens (primary N) is 1. The Hall–Kier alpha value is -2.66. The van der Waals surface area contributed by atoms with Gasteiger partial charge in [-0.05, 0) is 29.1 Å². The molecular weight excluding hydrogens is 252 g/mol. The Bertz CT molecular complexity index is 793. The average Bonchev–Trinajstić information content (AvgIpc) is 2.51. The maximum absolute atomic E-state index is 12.4. The summed E-state index contributed by atoms with van der Waals surface area (Å²) in [6.45, 7) is 0.488. The number of hydrazine groups is 1. The minimum Gasteiger partial charge on any atom is -0.311 e. The molecule has 0 spiro atoms. The van der Waals surface area contributed by atoms with Crippen LogP contribution in [0.25, 0.3) is 10.8 Å². The van der Waals surface area contributed by atoms with Crippen LogP contribution in [0.5, 0.6) is 0 Å². The fourth-order valence-electron chi connectivity index (χ4n) is 2.15. The van der Waals surface area contributed by atoms with E-state index in [1.807, 2.05) is 36.4 Å². The van der Waals surface area contributed by atoms with E-state index in [4.69, 9.17) is 5.84 Å².